The maximum absolute atomic E-state index is 13.1. The molecule has 3 aromatic rings. The summed E-state index contributed by atoms with van der Waals surface area (Å²) in [6.07, 6.45) is 7.22. The molecule has 36 heavy (non-hydrogen) atoms. The first-order valence-corrected chi connectivity index (χ1v) is 14.9. The summed E-state index contributed by atoms with van der Waals surface area (Å²) < 4.78 is 33.7. The molecule has 0 atom stereocenters. The summed E-state index contributed by atoms with van der Waals surface area (Å²) in [7, 11) is -3.43. The maximum atomic E-state index is 13.1. The smallest absolute Gasteiger partial charge is 0.243 e. The average molecular weight is 546 g/mol. The summed E-state index contributed by atoms with van der Waals surface area (Å²) in [5.74, 6) is 1.98. The van der Waals surface area contributed by atoms with Crippen LogP contribution >= 0.6 is 23.2 Å². The summed E-state index contributed by atoms with van der Waals surface area (Å²) >= 11 is 13.0. The van der Waals surface area contributed by atoms with Gasteiger partial charge in [-0.15, -0.1) is 0 Å². The lowest BCUT2D eigenvalue weighted by atomic mass is 9.56. The van der Waals surface area contributed by atoms with Crippen molar-refractivity contribution in [1.29, 1.82) is 0 Å². The zero-order chi connectivity index (χ0) is 25.1. The van der Waals surface area contributed by atoms with Crippen molar-refractivity contribution in [3.05, 3.63) is 69.4 Å². The summed E-state index contributed by atoms with van der Waals surface area (Å²) in [4.78, 5) is 0.390. The molecular weight excluding hydrogens is 515 g/mol. The summed E-state index contributed by atoms with van der Waals surface area (Å²) in [5.41, 5.74) is 4.00. The summed E-state index contributed by atoms with van der Waals surface area (Å²) in [6, 6.07) is 12.7. The minimum Gasteiger partial charge on any atom is -0.360 e. The van der Waals surface area contributed by atoms with Gasteiger partial charge in [-0.3, -0.25) is 0 Å². The van der Waals surface area contributed by atoms with E-state index in [1.54, 1.807) is 16.4 Å². The van der Waals surface area contributed by atoms with Gasteiger partial charge in [-0.2, -0.15) is 4.31 Å². The summed E-state index contributed by atoms with van der Waals surface area (Å²) in [5, 5.41) is 5.62. The fourth-order valence-electron chi connectivity index (χ4n) is 6.17. The SMILES string of the molecule is Cc1ccc(S(=O)(=O)N2CCC3(CC2)CC(Cc2c(-c4c(Cl)cccc4Cl)noc2C2CC2)C3)cc1. The summed E-state index contributed by atoms with van der Waals surface area (Å²) in [6.45, 7) is 3.14. The van der Waals surface area contributed by atoms with Gasteiger partial charge in [0.15, 0.2) is 0 Å². The monoisotopic (exact) mass is 544 g/mol. The second kappa shape index (κ2) is 9.16. The molecule has 2 aromatic carbocycles. The number of hydrogen-bond acceptors (Lipinski definition) is 4. The van der Waals surface area contributed by atoms with Crippen molar-refractivity contribution in [2.24, 2.45) is 11.3 Å². The van der Waals surface area contributed by atoms with Crippen molar-refractivity contribution in [3.63, 3.8) is 0 Å². The van der Waals surface area contributed by atoms with E-state index in [1.807, 2.05) is 37.3 Å². The van der Waals surface area contributed by atoms with Crippen LogP contribution in [0.25, 0.3) is 11.3 Å². The van der Waals surface area contributed by atoms with E-state index in [-0.39, 0.29) is 5.41 Å². The van der Waals surface area contributed by atoms with Crippen molar-refractivity contribution in [1.82, 2.24) is 9.46 Å². The van der Waals surface area contributed by atoms with Gasteiger partial charge in [0.1, 0.15) is 11.5 Å². The first kappa shape index (κ1) is 24.5. The second-order valence-corrected chi connectivity index (χ2v) is 13.7. The standard InChI is InChI=1S/C28H30Cl2N2O3S/c1-18-5-9-21(10-6-18)36(33,34)32-13-11-28(12-14-32)16-19(17-28)15-22-26(31-35-27(22)20-7-8-20)25-23(29)3-2-4-24(25)30/h2-6,9-10,19-20H,7-8,11-17H2,1H3. The van der Waals surface area contributed by atoms with Crippen molar-refractivity contribution in [2.75, 3.05) is 13.1 Å². The van der Waals surface area contributed by atoms with Crippen molar-refractivity contribution in [3.8, 4) is 11.3 Å². The lowest BCUT2D eigenvalue weighted by Gasteiger charge is -2.52. The Morgan fingerprint density at radius 2 is 1.67 bits per heavy atom. The normalized spacial score (nSPS) is 20.5. The number of sulfonamides is 1. The van der Waals surface area contributed by atoms with Crippen LogP contribution in [0.1, 0.15) is 61.3 Å². The van der Waals surface area contributed by atoms with E-state index in [9.17, 15) is 8.42 Å². The molecule has 2 heterocycles. The van der Waals surface area contributed by atoms with Gasteiger partial charge in [0.2, 0.25) is 10.0 Å². The van der Waals surface area contributed by atoms with Crippen LogP contribution in [0.15, 0.2) is 51.9 Å². The molecule has 190 valence electrons. The maximum Gasteiger partial charge on any atom is 0.243 e. The Morgan fingerprint density at radius 1 is 1.03 bits per heavy atom. The molecule has 1 aliphatic heterocycles. The molecule has 1 saturated heterocycles. The molecule has 0 amide bonds. The van der Waals surface area contributed by atoms with Gasteiger partial charge >= 0.3 is 0 Å². The van der Waals surface area contributed by atoms with Gasteiger partial charge in [-0.1, -0.05) is 52.1 Å². The van der Waals surface area contributed by atoms with E-state index in [4.69, 9.17) is 27.7 Å². The third kappa shape index (κ3) is 4.40. The highest BCUT2D eigenvalue weighted by molar-refractivity contribution is 7.89. The number of hydrogen-bond donors (Lipinski definition) is 0. The van der Waals surface area contributed by atoms with Crippen LogP contribution in [-0.4, -0.2) is 31.0 Å². The number of benzene rings is 2. The minimum absolute atomic E-state index is 0.239. The Kier molecular flexibility index (Phi) is 6.23. The van der Waals surface area contributed by atoms with Crippen LogP contribution in [-0.2, 0) is 16.4 Å². The molecule has 3 aliphatic rings. The highest BCUT2D eigenvalue weighted by atomic mass is 35.5. The van der Waals surface area contributed by atoms with E-state index in [0.29, 0.717) is 39.9 Å². The number of halogens is 2. The zero-order valence-electron chi connectivity index (χ0n) is 20.3. The zero-order valence-corrected chi connectivity index (χ0v) is 22.7. The molecule has 8 heteroatoms. The van der Waals surface area contributed by atoms with Crippen molar-refractivity contribution in [2.45, 2.75) is 62.7 Å². The Labute approximate surface area is 222 Å². The van der Waals surface area contributed by atoms with Crippen LogP contribution in [0.3, 0.4) is 0 Å². The number of piperidine rings is 1. The number of nitrogens with zero attached hydrogens (tertiary/aromatic N) is 2. The van der Waals surface area contributed by atoms with E-state index < -0.39 is 10.0 Å². The van der Waals surface area contributed by atoms with Crippen molar-refractivity contribution < 1.29 is 12.9 Å². The molecule has 2 saturated carbocycles. The molecule has 0 bridgehead atoms. The molecule has 0 N–H and O–H groups in total. The molecule has 0 unspecified atom stereocenters. The number of aromatic nitrogens is 1. The molecule has 1 spiro atoms. The minimum atomic E-state index is -3.43. The number of rotatable bonds is 6. The van der Waals surface area contributed by atoms with Gasteiger partial charge in [0, 0.05) is 30.1 Å². The highest BCUT2D eigenvalue weighted by Crippen LogP contribution is 2.55. The van der Waals surface area contributed by atoms with Gasteiger partial charge in [-0.05, 0) is 87.5 Å². The van der Waals surface area contributed by atoms with E-state index in [1.165, 1.54) is 0 Å². The Morgan fingerprint density at radius 3 is 2.28 bits per heavy atom. The van der Waals surface area contributed by atoms with Crippen LogP contribution in [0, 0.1) is 18.3 Å². The van der Waals surface area contributed by atoms with Crippen LogP contribution in [0.2, 0.25) is 10.0 Å². The Balaban J connectivity index is 1.14. The lowest BCUT2D eigenvalue weighted by Crippen LogP contribution is -2.49. The predicted molar refractivity (Wildman–Crippen MR) is 142 cm³/mol. The van der Waals surface area contributed by atoms with Crippen LogP contribution in [0.4, 0.5) is 0 Å². The third-order valence-electron chi connectivity index (χ3n) is 8.34. The average Bonchev–Trinajstić information content (AvgIpc) is 3.60. The van der Waals surface area contributed by atoms with Crippen LogP contribution in [0.5, 0.6) is 0 Å². The first-order chi connectivity index (χ1) is 17.3. The highest BCUT2D eigenvalue weighted by Gasteiger charge is 2.48. The molecule has 3 fully saturated rings. The lowest BCUT2D eigenvalue weighted by molar-refractivity contribution is 0.00505. The largest absolute Gasteiger partial charge is 0.360 e. The molecule has 6 rings (SSSR count). The molecule has 2 aliphatic carbocycles. The fraction of sp³-hybridized carbons (Fsp3) is 0.464. The molecule has 1 aromatic heterocycles. The van der Waals surface area contributed by atoms with Crippen molar-refractivity contribution >= 4 is 33.2 Å². The fourth-order valence-corrected chi connectivity index (χ4v) is 8.19. The molecule has 0 radical (unpaired) electrons. The Bertz CT molecular complexity index is 1360. The van der Waals surface area contributed by atoms with Gasteiger partial charge in [0.05, 0.1) is 14.9 Å². The quantitative estimate of drug-likeness (QED) is 0.327. The topological polar surface area (TPSA) is 63.4 Å². The van der Waals surface area contributed by atoms with Gasteiger partial charge < -0.3 is 4.52 Å². The van der Waals surface area contributed by atoms with E-state index in [0.717, 1.165) is 73.1 Å². The van der Waals surface area contributed by atoms with E-state index >= 15 is 0 Å². The molecular formula is C28H30Cl2N2O3S. The predicted octanol–water partition coefficient (Wildman–Crippen LogP) is 7.26. The number of aryl methyl sites for hydroxylation is 1. The molecule has 5 nitrogen and oxygen atoms in total. The van der Waals surface area contributed by atoms with Gasteiger partial charge in [-0.25, -0.2) is 8.42 Å². The second-order valence-electron chi connectivity index (χ2n) is 10.9. The first-order valence-electron chi connectivity index (χ1n) is 12.8. The Hall–Kier alpha value is -1.86. The van der Waals surface area contributed by atoms with Gasteiger partial charge in [0.25, 0.3) is 0 Å². The van der Waals surface area contributed by atoms with Crippen LogP contribution < -0.4 is 0 Å². The van der Waals surface area contributed by atoms with E-state index in [2.05, 4.69) is 5.16 Å². The third-order valence-corrected chi connectivity index (χ3v) is 10.9.